The number of phenols is 1. The van der Waals surface area contributed by atoms with Crippen LogP contribution in [0.3, 0.4) is 0 Å². The lowest BCUT2D eigenvalue weighted by molar-refractivity contribution is -0.118. The molecule has 0 saturated carbocycles. The van der Waals surface area contributed by atoms with Gasteiger partial charge >= 0.3 is 0 Å². The Balaban J connectivity index is 1.25. The van der Waals surface area contributed by atoms with Crippen molar-refractivity contribution >= 4 is 33.9 Å². The van der Waals surface area contributed by atoms with Crippen LogP contribution in [-0.4, -0.2) is 31.5 Å². The summed E-state index contributed by atoms with van der Waals surface area (Å²) in [4.78, 5) is 31.1. The van der Waals surface area contributed by atoms with Crippen LogP contribution in [0.4, 0.5) is 4.79 Å². The number of aryl methyl sites for hydroxylation is 2. The molecule has 184 valence electrons. The highest BCUT2D eigenvalue weighted by Gasteiger charge is 2.31. The number of hydrogen-bond donors (Lipinski definition) is 3. The van der Waals surface area contributed by atoms with Gasteiger partial charge in [0.25, 0.3) is 5.24 Å². The molecule has 1 aliphatic rings. The normalized spacial score (nSPS) is 16.2. The second kappa shape index (κ2) is 9.58. The number of amides is 2. The molecule has 3 N–H and O–H groups in total. The highest BCUT2D eigenvalue weighted by molar-refractivity contribution is 8.15. The molecule has 0 radical (unpaired) electrons. The number of nitrogens with zero attached hydrogens (tertiary/aromatic N) is 1. The molecule has 1 aromatic heterocycles. The Kier molecular flexibility index (Phi) is 6.32. The van der Waals surface area contributed by atoms with E-state index >= 15 is 0 Å². The van der Waals surface area contributed by atoms with Crippen molar-refractivity contribution in [1.82, 2.24) is 15.3 Å². The van der Waals surface area contributed by atoms with Gasteiger partial charge in [-0.3, -0.25) is 14.9 Å². The molecule has 2 atom stereocenters. The Hall–Kier alpha value is -3.98. The van der Waals surface area contributed by atoms with Gasteiger partial charge in [0.2, 0.25) is 5.91 Å². The van der Waals surface area contributed by atoms with Crippen molar-refractivity contribution in [3.63, 3.8) is 0 Å². The van der Waals surface area contributed by atoms with Crippen LogP contribution in [0, 0.1) is 13.8 Å². The average Bonchev–Trinajstić information content (AvgIpc) is 3.40. The van der Waals surface area contributed by atoms with Crippen molar-refractivity contribution in [2.24, 2.45) is 0 Å². The van der Waals surface area contributed by atoms with Crippen molar-refractivity contribution in [3.05, 3.63) is 77.1 Å². The molecular weight excluding hydrogens is 478 g/mol. The van der Waals surface area contributed by atoms with Crippen molar-refractivity contribution < 1.29 is 24.2 Å². The molecule has 36 heavy (non-hydrogen) atoms. The number of carbonyl (C=O) groups is 2. The number of ether oxygens (including phenoxy) is 2. The predicted molar refractivity (Wildman–Crippen MR) is 138 cm³/mol. The smallest absolute Gasteiger partial charge is 0.286 e. The molecule has 9 heteroatoms. The van der Waals surface area contributed by atoms with E-state index in [1.165, 1.54) is 0 Å². The number of H-pyrrole nitrogens is 1. The van der Waals surface area contributed by atoms with Gasteiger partial charge in [-0.25, -0.2) is 4.98 Å². The number of hydrogen-bond acceptors (Lipinski definition) is 7. The van der Waals surface area contributed by atoms with E-state index in [1.807, 2.05) is 63.2 Å². The molecule has 3 aromatic carbocycles. The summed E-state index contributed by atoms with van der Waals surface area (Å²) in [6.07, 6.45) is 0.152. The van der Waals surface area contributed by atoms with Gasteiger partial charge in [-0.05, 0) is 80.3 Å². The van der Waals surface area contributed by atoms with E-state index in [9.17, 15) is 14.7 Å². The first-order valence-electron chi connectivity index (χ1n) is 11.5. The second-order valence-electron chi connectivity index (χ2n) is 8.80. The molecule has 1 saturated heterocycles. The molecule has 4 aromatic rings. The molecule has 0 spiro atoms. The number of aromatic amines is 1. The second-order valence-corrected chi connectivity index (χ2v) is 9.98. The Morgan fingerprint density at radius 1 is 1.00 bits per heavy atom. The third-order valence-electron chi connectivity index (χ3n) is 5.98. The Labute approximate surface area is 212 Å². The molecule has 0 bridgehead atoms. The summed E-state index contributed by atoms with van der Waals surface area (Å²) in [7, 11) is 0. The lowest BCUT2D eigenvalue weighted by Crippen LogP contribution is -2.25. The first kappa shape index (κ1) is 23.7. The van der Waals surface area contributed by atoms with Crippen LogP contribution in [0.15, 0.2) is 54.6 Å². The van der Waals surface area contributed by atoms with Crippen LogP contribution in [0.2, 0.25) is 0 Å². The summed E-state index contributed by atoms with van der Waals surface area (Å²) in [5.41, 5.74) is 4.08. The fraction of sp³-hybridized carbons (Fsp3) is 0.222. The number of fused-ring (bicyclic) bond motifs is 1. The highest BCUT2D eigenvalue weighted by Crippen LogP contribution is 2.32. The minimum absolute atomic E-state index is 0.245. The molecule has 0 aliphatic carbocycles. The van der Waals surface area contributed by atoms with E-state index in [0.717, 1.165) is 39.5 Å². The average molecular weight is 504 g/mol. The minimum atomic E-state index is -0.394. The predicted octanol–water partition coefficient (Wildman–Crippen LogP) is 5.71. The van der Waals surface area contributed by atoms with Crippen molar-refractivity contribution in [2.75, 3.05) is 0 Å². The number of rotatable bonds is 7. The standard InChI is InChI=1S/C27H25N3O5S/c1-14-10-20(11-15(2)24(14)31)35-19-8-9-21-22(13-19)29-25(28-21)16(3)34-18-6-4-17(5-7-18)12-23-26(32)30-27(33)36-23/h4-11,13,16,23,31H,12H2,1-3H3,(H,28,29)(H,30,32,33). The lowest BCUT2D eigenvalue weighted by atomic mass is 10.1. The maximum absolute atomic E-state index is 11.8. The zero-order valence-electron chi connectivity index (χ0n) is 20.0. The van der Waals surface area contributed by atoms with E-state index in [1.54, 1.807) is 12.1 Å². The fourth-order valence-electron chi connectivity index (χ4n) is 4.08. The van der Waals surface area contributed by atoms with Crippen LogP contribution in [-0.2, 0) is 11.2 Å². The van der Waals surface area contributed by atoms with E-state index < -0.39 is 5.25 Å². The van der Waals surface area contributed by atoms with E-state index in [-0.39, 0.29) is 23.0 Å². The topological polar surface area (TPSA) is 114 Å². The summed E-state index contributed by atoms with van der Waals surface area (Å²) < 4.78 is 12.1. The van der Waals surface area contributed by atoms with Crippen molar-refractivity contribution in [1.29, 1.82) is 0 Å². The summed E-state index contributed by atoms with van der Waals surface area (Å²) >= 11 is 1.02. The summed E-state index contributed by atoms with van der Waals surface area (Å²) in [5, 5.41) is 11.6. The number of aromatic hydroxyl groups is 1. The van der Waals surface area contributed by atoms with Gasteiger partial charge in [0.05, 0.1) is 16.3 Å². The lowest BCUT2D eigenvalue weighted by Gasteiger charge is -2.13. The van der Waals surface area contributed by atoms with Gasteiger partial charge in [-0.1, -0.05) is 23.9 Å². The van der Waals surface area contributed by atoms with Gasteiger partial charge in [0, 0.05) is 6.07 Å². The number of carbonyl (C=O) groups excluding carboxylic acids is 2. The third-order valence-corrected chi connectivity index (χ3v) is 6.96. The van der Waals surface area contributed by atoms with E-state index in [4.69, 9.17) is 9.47 Å². The van der Waals surface area contributed by atoms with E-state index in [2.05, 4.69) is 15.3 Å². The van der Waals surface area contributed by atoms with Crippen molar-refractivity contribution in [2.45, 2.75) is 38.5 Å². The number of thioether (sulfide) groups is 1. The summed E-state index contributed by atoms with van der Waals surface area (Å²) in [6.45, 7) is 5.59. The van der Waals surface area contributed by atoms with E-state index in [0.29, 0.717) is 29.5 Å². The Morgan fingerprint density at radius 2 is 1.69 bits per heavy atom. The number of imidazole rings is 1. The SMILES string of the molecule is Cc1cc(Oc2ccc3nc(C(C)Oc4ccc(CC5SC(=O)NC5=O)cc4)[nH]c3c2)cc(C)c1O. The molecule has 1 aliphatic heterocycles. The first-order chi connectivity index (χ1) is 17.2. The van der Waals surface area contributed by atoms with Crippen LogP contribution in [0.1, 0.15) is 35.5 Å². The van der Waals surface area contributed by atoms with Crippen LogP contribution in [0.25, 0.3) is 11.0 Å². The van der Waals surface area contributed by atoms with Crippen molar-refractivity contribution in [3.8, 4) is 23.0 Å². The molecule has 2 amide bonds. The minimum Gasteiger partial charge on any atom is -0.507 e. The van der Waals surface area contributed by atoms with Gasteiger partial charge in [0.15, 0.2) is 6.10 Å². The highest BCUT2D eigenvalue weighted by atomic mass is 32.2. The zero-order valence-corrected chi connectivity index (χ0v) is 20.8. The molecule has 5 rings (SSSR count). The quantitative estimate of drug-likeness (QED) is 0.296. The van der Waals surface area contributed by atoms with Crippen LogP contribution in [0.5, 0.6) is 23.0 Å². The number of phenolic OH excluding ortho intramolecular Hbond substituents is 1. The van der Waals surface area contributed by atoms with Gasteiger partial charge < -0.3 is 19.6 Å². The Morgan fingerprint density at radius 3 is 2.36 bits per heavy atom. The molecular formula is C27H25N3O5S. The number of aromatic nitrogens is 2. The molecule has 8 nitrogen and oxygen atoms in total. The fourth-order valence-corrected chi connectivity index (χ4v) is 4.94. The Bertz CT molecular complexity index is 1440. The first-order valence-corrected chi connectivity index (χ1v) is 12.4. The summed E-state index contributed by atoms with van der Waals surface area (Å²) in [6, 6.07) is 16.7. The largest absolute Gasteiger partial charge is 0.507 e. The number of benzene rings is 3. The van der Waals surface area contributed by atoms with Gasteiger partial charge in [-0.2, -0.15) is 0 Å². The maximum Gasteiger partial charge on any atom is 0.286 e. The van der Waals surface area contributed by atoms with Gasteiger partial charge in [0.1, 0.15) is 28.8 Å². The third kappa shape index (κ3) is 5.01. The number of nitrogens with one attached hydrogen (secondary N) is 2. The molecule has 2 heterocycles. The van der Waals surface area contributed by atoms with Crippen LogP contribution >= 0.6 is 11.8 Å². The number of imide groups is 1. The molecule has 1 fully saturated rings. The van der Waals surface area contributed by atoms with Gasteiger partial charge in [-0.15, -0.1) is 0 Å². The molecule has 2 unspecified atom stereocenters. The monoisotopic (exact) mass is 503 g/mol. The zero-order chi connectivity index (χ0) is 25.4. The van der Waals surface area contributed by atoms with Crippen LogP contribution < -0.4 is 14.8 Å². The maximum atomic E-state index is 11.8. The summed E-state index contributed by atoms with van der Waals surface area (Å²) in [5.74, 6) is 2.69.